The van der Waals surface area contributed by atoms with Crippen molar-refractivity contribution in [2.75, 3.05) is 10.1 Å². The SMILES string of the molecule is CCS(=O)(=O)N(Cc1ncc(-c2nnc(C(F)F)o2)s1)c1ccc(C#N)nc1. The summed E-state index contributed by atoms with van der Waals surface area (Å²) in [5.41, 5.74) is 0.427. The first-order chi connectivity index (χ1) is 13.3. The van der Waals surface area contributed by atoms with Gasteiger partial charge in [0.05, 0.1) is 30.4 Å². The summed E-state index contributed by atoms with van der Waals surface area (Å²) in [6.45, 7) is 1.39. The molecular formula is C15H12F2N6O3S2. The molecule has 0 saturated heterocycles. The summed E-state index contributed by atoms with van der Waals surface area (Å²) in [5, 5.41) is 16.0. The maximum atomic E-state index is 12.6. The molecule has 0 atom stereocenters. The third-order valence-corrected chi connectivity index (χ3v) is 6.23. The Morgan fingerprint density at radius 3 is 2.64 bits per heavy atom. The Labute approximate surface area is 162 Å². The average Bonchev–Trinajstić information content (AvgIpc) is 3.35. The molecule has 3 heterocycles. The van der Waals surface area contributed by atoms with Crippen LogP contribution in [0.1, 0.15) is 29.9 Å². The number of pyridine rings is 1. The molecule has 3 aromatic rings. The smallest absolute Gasteiger partial charge is 0.314 e. The number of hydrogen-bond donors (Lipinski definition) is 0. The number of hydrogen-bond acceptors (Lipinski definition) is 9. The van der Waals surface area contributed by atoms with E-state index in [-0.39, 0.29) is 29.6 Å². The molecule has 0 spiro atoms. The van der Waals surface area contributed by atoms with Crippen molar-refractivity contribution in [3.8, 4) is 16.8 Å². The number of alkyl halides is 2. The molecule has 9 nitrogen and oxygen atoms in total. The van der Waals surface area contributed by atoms with Crippen LogP contribution >= 0.6 is 11.3 Å². The lowest BCUT2D eigenvalue weighted by Gasteiger charge is -2.22. The fraction of sp³-hybridized carbons (Fsp3) is 0.267. The van der Waals surface area contributed by atoms with Crippen molar-refractivity contribution in [3.63, 3.8) is 0 Å². The Hall–Kier alpha value is -2.98. The fourth-order valence-electron chi connectivity index (χ4n) is 2.13. The molecule has 13 heteroatoms. The van der Waals surface area contributed by atoms with Gasteiger partial charge in [0.1, 0.15) is 21.6 Å². The molecule has 0 aliphatic rings. The van der Waals surface area contributed by atoms with Crippen LogP contribution in [0.4, 0.5) is 14.5 Å². The standard InChI is InChI=1S/C15H12F2N6O3S2/c1-2-28(24,25)23(10-4-3-9(5-18)19-6-10)8-12-20-7-11(27-12)14-21-22-15(26-14)13(16)17/h3-4,6-7,13H,2,8H2,1H3. The highest BCUT2D eigenvalue weighted by Crippen LogP contribution is 2.29. The second kappa shape index (κ2) is 7.95. The molecule has 0 aliphatic heterocycles. The second-order valence-electron chi connectivity index (χ2n) is 5.29. The fourth-order valence-corrected chi connectivity index (χ4v) is 4.10. The lowest BCUT2D eigenvalue weighted by molar-refractivity contribution is 0.116. The number of anilines is 1. The molecule has 0 saturated carbocycles. The molecule has 3 aromatic heterocycles. The highest BCUT2D eigenvalue weighted by atomic mass is 32.2. The molecular weight excluding hydrogens is 414 g/mol. The highest BCUT2D eigenvalue weighted by molar-refractivity contribution is 7.92. The van der Waals surface area contributed by atoms with Crippen LogP contribution in [0.5, 0.6) is 0 Å². The van der Waals surface area contributed by atoms with Gasteiger partial charge in [-0.15, -0.1) is 21.5 Å². The van der Waals surface area contributed by atoms with Crippen LogP contribution in [-0.4, -0.2) is 34.3 Å². The quantitative estimate of drug-likeness (QED) is 0.564. The van der Waals surface area contributed by atoms with Crippen LogP contribution < -0.4 is 4.31 Å². The lowest BCUT2D eigenvalue weighted by atomic mass is 10.3. The summed E-state index contributed by atoms with van der Waals surface area (Å²) >= 11 is 1.04. The lowest BCUT2D eigenvalue weighted by Crippen LogP contribution is -2.31. The monoisotopic (exact) mass is 426 g/mol. The number of sulfonamides is 1. The number of nitrogens with zero attached hydrogens (tertiary/aromatic N) is 6. The molecule has 3 rings (SSSR count). The number of thiazole rings is 1. The van der Waals surface area contributed by atoms with Crippen molar-refractivity contribution in [2.24, 2.45) is 0 Å². The molecule has 0 aliphatic carbocycles. The summed E-state index contributed by atoms with van der Waals surface area (Å²) in [7, 11) is -3.67. The minimum absolute atomic E-state index is 0.107. The van der Waals surface area contributed by atoms with Crippen molar-refractivity contribution in [1.29, 1.82) is 5.26 Å². The van der Waals surface area contributed by atoms with Crippen LogP contribution in [-0.2, 0) is 16.6 Å². The van der Waals surface area contributed by atoms with E-state index in [0.29, 0.717) is 9.88 Å². The van der Waals surface area contributed by atoms with Gasteiger partial charge in [-0.3, -0.25) is 4.31 Å². The zero-order chi connectivity index (χ0) is 20.3. The molecule has 0 unspecified atom stereocenters. The van der Waals surface area contributed by atoms with E-state index in [0.717, 1.165) is 15.6 Å². The van der Waals surface area contributed by atoms with E-state index in [4.69, 9.17) is 9.68 Å². The normalized spacial score (nSPS) is 11.5. The zero-order valence-electron chi connectivity index (χ0n) is 14.3. The van der Waals surface area contributed by atoms with Gasteiger partial charge in [-0.05, 0) is 19.1 Å². The van der Waals surface area contributed by atoms with Crippen LogP contribution in [0.3, 0.4) is 0 Å². The van der Waals surface area contributed by atoms with Crippen LogP contribution in [0.25, 0.3) is 10.8 Å². The van der Waals surface area contributed by atoms with Crippen LogP contribution in [0, 0.1) is 11.3 Å². The van der Waals surface area contributed by atoms with Gasteiger partial charge in [0.15, 0.2) is 0 Å². The Morgan fingerprint density at radius 2 is 2.07 bits per heavy atom. The van der Waals surface area contributed by atoms with Crippen molar-refractivity contribution in [1.82, 2.24) is 20.2 Å². The van der Waals surface area contributed by atoms with Gasteiger partial charge in [0, 0.05) is 0 Å². The molecule has 0 amide bonds. The molecule has 28 heavy (non-hydrogen) atoms. The average molecular weight is 426 g/mol. The largest absolute Gasteiger partial charge is 0.414 e. The number of nitriles is 1. The van der Waals surface area contributed by atoms with Gasteiger partial charge in [-0.25, -0.2) is 18.4 Å². The number of rotatable bonds is 7. The predicted molar refractivity (Wildman–Crippen MR) is 95.0 cm³/mol. The predicted octanol–water partition coefficient (Wildman–Crippen LogP) is 2.75. The van der Waals surface area contributed by atoms with E-state index in [1.165, 1.54) is 31.5 Å². The summed E-state index contributed by atoms with van der Waals surface area (Å²) in [6.07, 6.45) is -0.258. The van der Waals surface area contributed by atoms with Crippen molar-refractivity contribution >= 4 is 27.0 Å². The van der Waals surface area contributed by atoms with E-state index < -0.39 is 22.3 Å². The van der Waals surface area contributed by atoms with E-state index in [1.807, 2.05) is 6.07 Å². The van der Waals surface area contributed by atoms with E-state index in [9.17, 15) is 17.2 Å². The summed E-state index contributed by atoms with van der Waals surface area (Å²) in [5.74, 6) is -1.08. The van der Waals surface area contributed by atoms with Gasteiger partial charge in [-0.1, -0.05) is 0 Å². The summed E-state index contributed by atoms with van der Waals surface area (Å²) in [4.78, 5) is 8.34. The third kappa shape index (κ3) is 4.12. The van der Waals surface area contributed by atoms with Gasteiger partial charge in [0.2, 0.25) is 10.0 Å². The maximum absolute atomic E-state index is 12.6. The molecule has 0 aromatic carbocycles. The Bertz CT molecular complexity index is 1110. The van der Waals surface area contributed by atoms with Gasteiger partial charge in [0.25, 0.3) is 11.8 Å². The third-order valence-electron chi connectivity index (χ3n) is 3.52. The van der Waals surface area contributed by atoms with Crippen molar-refractivity contribution in [3.05, 3.63) is 41.1 Å². The molecule has 0 radical (unpaired) electrons. The topological polar surface area (TPSA) is 126 Å². The minimum Gasteiger partial charge on any atom is -0.414 e. The van der Waals surface area contributed by atoms with E-state index in [2.05, 4.69) is 20.2 Å². The first-order valence-electron chi connectivity index (χ1n) is 7.77. The molecule has 0 fully saturated rings. The molecule has 146 valence electrons. The van der Waals surface area contributed by atoms with Gasteiger partial charge in [-0.2, -0.15) is 14.0 Å². The van der Waals surface area contributed by atoms with E-state index >= 15 is 0 Å². The van der Waals surface area contributed by atoms with Gasteiger partial charge < -0.3 is 4.42 Å². The summed E-state index contributed by atoms with van der Waals surface area (Å²) in [6, 6.07) is 4.74. The Morgan fingerprint density at radius 1 is 1.29 bits per heavy atom. The van der Waals surface area contributed by atoms with Crippen LogP contribution in [0.15, 0.2) is 28.9 Å². The number of aromatic nitrogens is 4. The van der Waals surface area contributed by atoms with Gasteiger partial charge >= 0.3 is 6.43 Å². The second-order valence-corrected chi connectivity index (χ2v) is 8.58. The Kier molecular flexibility index (Phi) is 5.61. The Balaban J connectivity index is 1.89. The van der Waals surface area contributed by atoms with E-state index in [1.54, 1.807) is 0 Å². The maximum Gasteiger partial charge on any atom is 0.314 e. The number of halogens is 2. The van der Waals surface area contributed by atoms with Crippen molar-refractivity contribution < 1.29 is 21.6 Å². The highest BCUT2D eigenvalue weighted by Gasteiger charge is 2.24. The first kappa shape index (κ1) is 19.8. The van der Waals surface area contributed by atoms with Crippen LogP contribution in [0.2, 0.25) is 0 Å². The summed E-state index contributed by atoms with van der Waals surface area (Å²) < 4.78 is 56.1. The minimum atomic E-state index is -3.67. The molecule has 0 bridgehead atoms. The van der Waals surface area contributed by atoms with Crippen molar-refractivity contribution in [2.45, 2.75) is 19.9 Å². The first-order valence-corrected chi connectivity index (χ1v) is 10.2. The molecule has 0 N–H and O–H groups in total. The zero-order valence-corrected chi connectivity index (χ0v) is 15.9.